The number of amides is 1. The Labute approximate surface area is 91.5 Å². The molecule has 0 aromatic carbocycles. The predicted molar refractivity (Wildman–Crippen MR) is 61.8 cm³/mol. The molecule has 15 heavy (non-hydrogen) atoms. The smallest absolute Gasteiger partial charge is 0.240 e. The molecule has 1 unspecified atom stereocenters. The standard InChI is InChI=1S/C12H20N2O/c1-5-9(2)13-12(15)8-14-10(3)6-7-11(14)4/h6-7,9H,5,8H2,1-4H3,(H,13,15). The third kappa shape index (κ3) is 3.11. The summed E-state index contributed by atoms with van der Waals surface area (Å²) in [6.07, 6.45) is 0.968. The van der Waals surface area contributed by atoms with Gasteiger partial charge in [0.25, 0.3) is 0 Å². The van der Waals surface area contributed by atoms with Crippen molar-refractivity contribution < 1.29 is 4.79 Å². The minimum Gasteiger partial charge on any atom is -0.352 e. The summed E-state index contributed by atoms with van der Waals surface area (Å²) in [4.78, 5) is 11.7. The molecule has 84 valence electrons. The molecule has 0 saturated carbocycles. The Hall–Kier alpha value is -1.25. The Morgan fingerprint density at radius 2 is 1.93 bits per heavy atom. The molecule has 0 spiro atoms. The van der Waals surface area contributed by atoms with Crippen LogP contribution in [-0.4, -0.2) is 16.5 Å². The Kier molecular flexibility index (Phi) is 3.95. The lowest BCUT2D eigenvalue weighted by molar-refractivity contribution is -0.122. The van der Waals surface area contributed by atoms with Crippen LogP contribution in [0, 0.1) is 13.8 Å². The molecule has 3 heteroatoms. The van der Waals surface area contributed by atoms with Gasteiger partial charge in [-0.1, -0.05) is 6.92 Å². The van der Waals surface area contributed by atoms with Crippen molar-refractivity contribution in [2.24, 2.45) is 0 Å². The maximum Gasteiger partial charge on any atom is 0.240 e. The van der Waals surface area contributed by atoms with E-state index in [1.807, 2.05) is 37.5 Å². The van der Waals surface area contributed by atoms with Crippen LogP contribution in [0.5, 0.6) is 0 Å². The highest BCUT2D eigenvalue weighted by atomic mass is 16.2. The van der Waals surface area contributed by atoms with Gasteiger partial charge in [-0.05, 0) is 39.3 Å². The fourth-order valence-electron chi connectivity index (χ4n) is 1.51. The van der Waals surface area contributed by atoms with E-state index in [1.165, 1.54) is 0 Å². The van der Waals surface area contributed by atoms with Crippen LogP contribution in [0.15, 0.2) is 12.1 Å². The van der Waals surface area contributed by atoms with Crippen molar-refractivity contribution in [3.05, 3.63) is 23.5 Å². The van der Waals surface area contributed by atoms with Crippen molar-refractivity contribution in [3.8, 4) is 0 Å². The first-order chi connectivity index (χ1) is 7.04. The zero-order valence-electron chi connectivity index (χ0n) is 10.0. The highest BCUT2D eigenvalue weighted by Crippen LogP contribution is 2.06. The summed E-state index contributed by atoms with van der Waals surface area (Å²) in [5.41, 5.74) is 2.26. The Balaban J connectivity index is 2.59. The van der Waals surface area contributed by atoms with Gasteiger partial charge < -0.3 is 9.88 Å². The average molecular weight is 208 g/mol. The molecule has 0 bridgehead atoms. The topological polar surface area (TPSA) is 34.0 Å². The van der Waals surface area contributed by atoms with Gasteiger partial charge in [0.2, 0.25) is 5.91 Å². The van der Waals surface area contributed by atoms with Crippen LogP contribution >= 0.6 is 0 Å². The van der Waals surface area contributed by atoms with E-state index >= 15 is 0 Å². The molecular formula is C12H20N2O. The van der Waals surface area contributed by atoms with E-state index in [1.54, 1.807) is 0 Å². The molecule has 3 nitrogen and oxygen atoms in total. The maximum absolute atomic E-state index is 11.7. The summed E-state index contributed by atoms with van der Waals surface area (Å²) in [6, 6.07) is 4.33. The van der Waals surface area contributed by atoms with E-state index in [0.29, 0.717) is 6.54 Å². The number of carbonyl (C=O) groups excluding carboxylic acids is 1. The molecule has 1 amide bonds. The minimum absolute atomic E-state index is 0.0896. The van der Waals surface area contributed by atoms with Crippen LogP contribution in [0.2, 0.25) is 0 Å². The number of hydrogen-bond acceptors (Lipinski definition) is 1. The van der Waals surface area contributed by atoms with Gasteiger partial charge >= 0.3 is 0 Å². The zero-order chi connectivity index (χ0) is 11.4. The molecule has 1 atom stereocenters. The molecule has 0 radical (unpaired) electrons. The van der Waals surface area contributed by atoms with Gasteiger partial charge in [0.15, 0.2) is 0 Å². The van der Waals surface area contributed by atoms with Gasteiger partial charge in [0, 0.05) is 17.4 Å². The van der Waals surface area contributed by atoms with E-state index in [0.717, 1.165) is 17.8 Å². The number of nitrogens with one attached hydrogen (secondary N) is 1. The summed E-state index contributed by atoms with van der Waals surface area (Å²) in [6.45, 7) is 8.55. The second kappa shape index (κ2) is 5.01. The lowest BCUT2D eigenvalue weighted by Crippen LogP contribution is -2.34. The first kappa shape index (κ1) is 11.8. The second-order valence-corrected chi connectivity index (χ2v) is 4.08. The van der Waals surface area contributed by atoms with E-state index in [9.17, 15) is 4.79 Å². The predicted octanol–water partition coefficient (Wildman–Crippen LogP) is 2.02. The molecule has 0 saturated heterocycles. The molecule has 0 aliphatic heterocycles. The third-order valence-electron chi connectivity index (χ3n) is 2.74. The fourth-order valence-corrected chi connectivity index (χ4v) is 1.51. The molecule has 0 fully saturated rings. The highest BCUT2D eigenvalue weighted by molar-refractivity contribution is 5.76. The van der Waals surface area contributed by atoms with Crippen LogP contribution in [0.25, 0.3) is 0 Å². The summed E-state index contributed by atoms with van der Waals surface area (Å²) in [5, 5.41) is 2.96. The van der Waals surface area contributed by atoms with Crippen LogP contribution < -0.4 is 5.32 Å². The summed E-state index contributed by atoms with van der Waals surface area (Å²) < 4.78 is 2.03. The van der Waals surface area contributed by atoms with E-state index < -0.39 is 0 Å². The molecule has 1 rings (SSSR count). The van der Waals surface area contributed by atoms with E-state index in [4.69, 9.17) is 0 Å². The summed E-state index contributed by atoms with van der Waals surface area (Å²) in [5.74, 6) is 0.0896. The molecule has 1 aromatic heterocycles. The summed E-state index contributed by atoms with van der Waals surface area (Å²) >= 11 is 0. The molecule has 1 aromatic rings. The largest absolute Gasteiger partial charge is 0.352 e. The second-order valence-electron chi connectivity index (χ2n) is 4.08. The van der Waals surface area contributed by atoms with Crippen molar-refractivity contribution in [1.29, 1.82) is 0 Å². The van der Waals surface area contributed by atoms with Gasteiger partial charge in [0.05, 0.1) is 0 Å². The van der Waals surface area contributed by atoms with Crippen molar-refractivity contribution in [2.45, 2.75) is 46.7 Å². The number of aromatic nitrogens is 1. The monoisotopic (exact) mass is 208 g/mol. The van der Waals surface area contributed by atoms with Gasteiger partial charge in [0.1, 0.15) is 6.54 Å². The molecule has 0 aliphatic carbocycles. The maximum atomic E-state index is 11.7. The van der Waals surface area contributed by atoms with Crippen molar-refractivity contribution in [1.82, 2.24) is 9.88 Å². The van der Waals surface area contributed by atoms with Crippen LogP contribution in [0.4, 0.5) is 0 Å². The van der Waals surface area contributed by atoms with E-state index in [-0.39, 0.29) is 11.9 Å². The Bertz CT molecular complexity index is 322. The first-order valence-corrected chi connectivity index (χ1v) is 5.46. The van der Waals surface area contributed by atoms with Crippen molar-refractivity contribution >= 4 is 5.91 Å². The van der Waals surface area contributed by atoms with Crippen LogP contribution in [0.3, 0.4) is 0 Å². The lowest BCUT2D eigenvalue weighted by Gasteiger charge is -2.13. The number of aryl methyl sites for hydroxylation is 2. The third-order valence-corrected chi connectivity index (χ3v) is 2.74. The molecule has 1 N–H and O–H groups in total. The Morgan fingerprint density at radius 3 is 2.40 bits per heavy atom. The van der Waals surface area contributed by atoms with Gasteiger partial charge in [-0.2, -0.15) is 0 Å². The molecule has 1 heterocycles. The molecular weight excluding hydrogens is 188 g/mol. The minimum atomic E-state index is 0.0896. The van der Waals surface area contributed by atoms with E-state index in [2.05, 4.69) is 12.2 Å². The van der Waals surface area contributed by atoms with Crippen LogP contribution in [0.1, 0.15) is 31.7 Å². The quantitative estimate of drug-likeness (QED) is 0.807. The number of rotatable bonds is 4. The zero-order valence-corrected chi connectivity index (χ0v) is 10.0. The lowest BCUT2D eigenvalue weighted by atomic mass is 10.2. The van der Waals surface area contributed by atoms with Crippen molar-refractivity contribution in [3.63, 3.8) is 0 Å². The highest BCUT2D eigenvalue weighted by Gasteiger charge is 2.08. The number of carbonyl (C=O) groups is 1. The van der Waals surface area contributed by atoms with Gasteiger partial charge in [-0.15, -0.1) is 0 Å². The van der Waals surface area contributed by atoms with Crippen LogP contribution in [-0.2, 0) is 11.3 Å². The number of nitrogens with zero attached hydrogens (tertiary/aromatic N) is 1. The normalized spacial score (nSPS) is 12.5. The first-order valence-electron chi connectivity index (χ1n) is 5.46. The Morgan fingerprint density at radius 1 is 1.40 bits per heavy atom. The average Bonchev–Trinajstić information content (AvgIpc) is 2.49. The van der Waals surface area contributed by atoms with Gasteiger partial charge in [-0.25, -0.2) is 0 Å². The molecule has 0 aliphatic rings. The van der Waals surface area contributed by atoms with Gasteiger partial charge in [-0.3, -0.25) is 4.79 Å². The number of hydrogen-bond donors (Lipinski definition) is 1. The summed E-state index contributed by atoms with van der Waals surface area (Å²) in [7, 11) is 0. The SMILES string of the molecule is CCC(C)NC(=O)Cn1c(C)ccc1C. The fraction of sp³-hybridized carbons (Fsp3) is 0.583. The van der Waals surface area contributed by atoms with Crippen molar-refractivity contribution in [2.75, 3.05) is 0 Å².